The molecule has 0 saturated carbocycles. The van der Waals surface area contributed by atoms with Gasteiger partial charge in [0.25, 0.3) is 5.91 Å². The van der Waals surface area contributed by atoms with E-state index in [0.29, 0.717) is 17.0 Å². The minimum absolute atomic E-state index is 0.167. The Morgan fingerprint density at radius 3 is 2.33 bits per heavy atom. The molecule has 4 aromatic rings. The van der Waals surface area contributed by atoms with Gasteiger partial charge in [-0.15, -0.1) is 0 Å². The minimum atomic E-state index is -3.70. The molecular weight excluding hydrogens is 526 g/mol. The molecular formula is C30H37N5O4S. The molecule has 1 aromatic heterocycles. The van der Waals surface area contributed by atoms with Crippen LogP contribution in [0.1, 0.15) is 46.5 Å². The van der Waals surface area contributed by atoms with Crippen molar-refractivity contribution < 1.29 is 18.3 Å². The molecule has 2 atom stereocenters. The maximum absolute atomic E-state index is 13.2. The van der Waals surface area contributed by atoms with E-state index in [1.54, 1.807) is 36.0 Å². The van der Waals surface area contributed by atoms with Crippen molar-refractivity contribution in [3.05, 3.63) is 82.5 Å². The Labute approximate surface area is 235 Å². The molecule has 10 heteroatoms. The van der Waals surface area contributed by atoms with Crippen molar-refractivity contribution in [2.24, 2.45) is 0 Å². The number of aromatic nitrogens is 2. The lowest BCUT2D eigenvalue weighted by Gasteiger charge is -2.19. The number of fused-ring (bicyclic) bond motifs is 1. The van der Waals surface area contributed by atoms with Crippen LogP contribution in [-0.4, -0.2) is 54.4 Å². The van der Waals surface area contributed by atoms with Crippen LogP contribution in [0.15, 0.2) is 59.6 Å². The lowest BCUT2D eigenvalue weighted by Crippen LogP contribution is -2.38. The number of aliphatic hydroxyl groups is 1. The Bertz CT molecular complexity index is 1640. The molecule has 0 aliphatic rings. The van der Waals surface area contributed by atoms with E-state index >= 15 is 0 Å². The molecule has 3 aromatic carbocycles. The van der Waals surface area contributed by atoms with Crippen molar-refractivity contribution in [2.75, 3.05) is 18.4 Å². The Hall–Kier alpha value is -3.73. The van der Waals surface area contributed by atoms with Gasteiger partial charge in [0.15, 0.2) is 0 Å². The normalized spacial score (nSPS) is 13.3. The zero-order chi connectivity index (χ0) is 29.2. The summed E-state index contributed by atoms with van der Waals surface area (Å²) in [6, 6.07) is 14.5. The zero-order valence-electron chi connectivity index (χ0n) is 23.7. The molecule has 0 aliphatic carbocycles. The molecule has 1 unspecified atom stereocenters. The smallest absolute Gasteiger partial charge is 0.251 e. The summed E-state index contributed by atoms with van der Waals surface area (Å²) >= 11 is 0. The second-order valence-electron chi connectivity index (χ2n) is 10.5. The Morgan fingerprint density at radius 2 is 1.65 bits per heavy atom. The lowest BCUT2D eigenvalue weighted by atomic mass is 10.1. The molecule has 40 heavy (non-hydrogen) atoms. The molecule has 1 amide bonds. The molecule has 4 N–H and O–H groups in total. The maximum atomic E-state index is 13.2. The first-order valence-corrected chi connectivity index (χ1v) is 14.7. The third-order valence-electron chi connectivity index (χ3n) is 6.57. The van der Waals surface area contributed by atoms with E-state index < -0.39 is 16.1 Å². The topological polar surface area (TPSA) is 125 Å². The van der Waals surface area contributed by atoms with E-state index in [1.807, 2.05) is 65.0 Å². The van der Waals surface area contributed by atoms with Crippen LogP contribution in [0.3, 0.4) is 0 Å². The highest BCUT2D eigenvalue weighted by atomic mass is 32.2. The van der Waals surface area contributed by atoms with Gasteiger partial charge >= 0.3 is 0 Å². The summed E-state index contributed by atoms with van der Waals surface area (Å²) in [5.41, 5.74) is 6.35. The third kappa shape index (κ3) is 6.52. The number of carbonyl (C=O) groups excluding carboxylic acids is 1. The van der Waals surface area contributed by atoms with E-state index in [-0.39, 0.29) is 18.5 Å². The fourth-order valence-electron chi connectivity index (χ4n) is 4.96. The fourth-order valence-corrected chi connectivity index (χ4v) is 6.66. The zero-order valence-corrected chi connectivity index (χ0v) is 24.6. The highest BCUT2D eigenvalue weighted by molar-refractivity contribution is 7.89. The summed E-state index contributed by atoms with van der Waals surface area (Å²) in [4.78, 5) is 12.8. The molecule has 4 rings (SSSR count). The van der Waals surface area contributed by atoms with Crippen LogP contribution in [0.5, 0.6) is 0 Å². The van der Waals surface area contributed by atoms with Gasteiger partial charge in [0.1, 0.15) is 0 Å². The van der Waals surface area contributed by atoms with Gasteiger partial charge in [-0.25, -0.2) is 17.8 Å². The Kier molecular flexibility index (Phi) is 8.62. The average molecular weight is 564 g/mol. The van der Waals surface area contributed by atoms with E-state index in [1.165, 1.54) is 0 Å². The number of amides is 1. The molecule has 212 valence electrons. The van der Waals surface area contributed by atoms with Crippen LogP contribution in [-0.2, 0) is 10.0 Å². The minimum Gasteiger partial charge on any atom is -0.392 e. The number of aliphatic hydroxyl groups excluding tert-OH is 1. The Morgan fingerprint density at radius 1 is 0.975 bits per heavy atom. The number of anilines is 1. The summed E-state index contributed by atoms with van der Waals surface area (Å²) in [5.74, 6) is -0.273. The largest absolute Gasteiger partial charge is 0.392 e. The highest BCUT2D eigenvalue weighted by Gasteiger charge is 2.22. The van der Waals surface area contributed by atoms with E-state index in [4.69, 9.17) is 0 Å². The van der Waals surface area contributed by atoms with Crippen LogP contribution >= 0.6 is 0 Å². The van der Waals surface area contributed by atoms with Gasteiger partial charge in [-0.3, -0.25) is 4.79 Å². The van der Waals surface area contributed by atoms with Gasteiger partial charge < -0.3 is 15.7 Å². The van der Waals surface area contributed by atoms with E-state index in [9.17, 15) is 18.3 Å². The number of aryl methyl sites for hydroxylation is 4. The summed E-state index contributed by atoms with van der Waals surface area (Å²) in [5, 5.41) is 21.0. The monoisotopic (exact) mass is 563 g/mol. The van der Waals surface area contributed by atoms with Crippen molar-refractivity contribution in [2.45, 2.75) is 58.6 Å². The first-order chi connectivity index (χ1) is 18.9. The first kappa shape index (κ1) is 29.3. The fraction of sp³-hybridized carbons (Fsp3) is 0.333. The van der Waals surface area contributed by atoms with Gasteiger partial charge in [0.05, 0.1) is 28.4 Å². The summed E-state index contributed by atoms with van der Waals surface area (Å²) < 4.78 is 31.0. The van der Waals surface area contributed by atoms with Gasteiger partial charge in [0, 0.05) is 35.8 Å². The molecule has 0 spiro atoms. The van der Waals surface area contributed by atoms with Crippen molar-refractivity contribution in [1.29, 1.82) is 0 Å². The lowest BCUT2D eigenvalue weighted by molar-refractivity contribution is 0.0924. The Balaban J connectivity index is 1.54. The highest BCUT2D eigenvalue weighted by Crippen LogP contribution is 2.28. The van der Waals surface area contributed by atoms with Gasteiger partial charge in [-0.1, -0.05) is 23.8 Å². The van der Waals surface area contributed by atoms with Crippen molar-refractivity contribution in [3.8, 4) is 5.69 Å². The summed E-state index contributed by atoms with van der Waals surface area (Å²) in [6.45, 7) is 11.5. The number of nitrogens with one attached hydrogen (secondary N) is 3. The number of hydrogen-bond acceptors (Lipinski definition) is 6. The average Bonchev–Trinajstić information content (AvgIpc) is 3.28. The maximum Gasteiger partial charge on any atom is 0.251 e. The SMILES string of the molecule is Cc1cc(C)c(S(=O)(=O)N[C@@H](C)CNc2cc(C)cc3c2cnn3-c2cccc(C(=O)NCC(C)O)c2)c(C)c1. The van der Waals surface area contributed by atoms with Crippen LogP contribution in [0, 0.1) is 27.7 Å². The number of benzene rings is 3. The number of hydrogen-bond donors (Lipinski definition) is 4. The molecule has 0 radical (unpaired) electrons. The second kappa shape index (κ2) is 11.8. The van der Waals surface area contributed by atoms with E-state index in [0.717, 1.165) is 44.5 Å². The van der Waals surface area contributed by atoms with Crippen LogP contribution < -0.4 is 15.4 Å². The van der Waals surface area contributed by atoms with Crippen LogP contribution in [0.4, 0.5) is 5.69 Å². The third-order valence-corrected chi connectivity index (χ3v) is 8.47. The van der Waals surface area contributed by atoms with Crippen molar-refractivity contribution in [3.63, 3.8) is 0 Å². The van der Waals surface area contributed by atoms with Crippen LogP contribution in [0.25, 0.3) is 16.6 Å². The van der Waals surface area contributed by atoms with Crippen molar-refractivity contribution >= 4 is 32.5 Å². The van der Waals surface area contributed by atoms with Gasteiger partial charge in [0.2, 0.25) is 10.0 Å². The number of sulfonamides is 1. The molecule has 0 aliphatic heterocycles. The number of nitrogens with zero attached hydrogens (tertiary/aromatic N) is 2. The van der Waals surface area contributed by atoms with E-state index in [2.05, 4.69) is 20.5 Å². The molecule has 9 nitrogen and oxygen atoms in total. The van der Waals surface area contributed by atoms with Crippen molar-refractivity contribution in [1.82, 2.24) is 19.8 Å². The standard InChI is InChI=1S/C30H37N5O4S/c1-18-10-20(3)29(21(4)11-18)40(38,39)34-22(5)15-31-27-12-19(2)13-28-26(27)17-33-35(28)25-9-7-8-24(14-25)30(37)32-16-23(6)36/h7-14,17,22-23,31,34,36H,15-16H2,1-6H3,(H,32,37)/t22-,23?/m0/s1. The first-order valence-electron chi connectivity index (χ1n) is 13.2. The predicted molar refractivity (Wildman–Crippen MR) is 159 cm³/mol. The van der Waals surface area contributed by atoms with Gasteiger partial charge in [-0.2, -0.15) is 5.10 Å². The number of rotatable bonds is 10. The predicted octanol–water partition coefficient (Wildman–Crippen LogP) is 4.15. The number of carbonyl (C=O) groups is 1. The van der Waals surface area contributed by atoms with Crippen LogP contribution in [0.2, 0.25) is 0 Å². The summed E-state index contributed by atoms with van der Waals surface area (Å²) in [6.07, 6.45) is 1.12. The molecule has 0 bridgehead atoms. The second-order valence-corrected chi connectivity index (χ2v) is 12.2. The molecule has 0 fully saturated rings. The quantitative estimate of drug-likeness (QED) is 0.230. The summed E-state index contributed by atoms with van der Waals surface area (Å²) in [7, 11) is -3.70. The molecule has 0 saturated heterocycles. The molecule has 1 heterocycles. The van der Waals surface area contributed by atoms with Gasteiger partial charge in [-0.05, 0) is 88.6 Å².